The Hall–Kier alpha value is -2.03. The van der Waals surface area contributed by atoms with Crippen LogP contribution in [0.2, 0.25) is 0 Å². The number of hydrogen-bond acceptors (Lipinski definition) is 3. The number of nitrogens with zero attached hydrogens (tertiary/aromatic N) is 2. The number of anilines is 1. The summed E-state index contributed by atoms with van der Waals surface area (Å²) in [6.45, 7) is 3.84. The van der Waals surface area contributed by atoms with E-state index in [2.05, 4.69) is 24.4 Å². The Morgan fingerprint density at radius 2 is 1.66 bits per heavy atom. The van der Waals surface area contributed by atoms with E-state index in [1.807, 2.05) is 17.0 Å². The van der Waals surface area contributed by atoms with Crippen LogP contribution in [0, 0.1) is 5.82 Å². The normalized spacial score (nSPS) is 15.3. The minimum atomic E-state index is -3.62. The molecule has 0 atom stereocenters. The van der Waals surface area contributed by atoms with Gasteiger partial charge in [-0.15, -0.1) is 0 Å². The summed E-state index contributed by atoms with van der Waals surface area (Å²) >= 11 is 5.50. The third kappa shape index (κ3) is 5.52. The summed E-state index contributed by atoms with van der Waals surface area (Å²) in [4.78, 5) is 2.08. The van der Waals surface area contributed by atoms with Crippen LogP contribution in [0.15, 0.2) is 53.4 Å². The average molecular weight is 436 g/mol. The number of piperazine rings is 1. The molecule has 0 bridgehead atoms. The summed E-state index contributed by atoms with van der Waals surface area (Å²) in [5, 5.41) is 3.82. The van der Waals surface area contributed by atoms with Gasteiger partial charge in [0.15, 0.2) is 5.11 Å². The van der Waals surface area contributed by atoms with Gasteiger partial charge in [0.2, 0.25) is 10.0 Å². The van der Waals surface area contributed by atoms with Gasteiger partial charge in [-0.25, -0.2) is 12.8 Å². The minimum absolute atomic E-state index is 0.108. The first-order valence-corrected chi connectivity index (χ1v) is 11.7. The van der Waals surface area contributed by atoms with Crippen LogP contribution in [0.4, 0.5) is 10.1 Å². The van der Waals surface area contributed by atoms with Crippen LogP contribution in [0.5, 0.6) is 0 Å². The van der Waals surface area contributed by atoms with Crippen molar-refractivity contribution in [2.45, 2.75) is 31.1 Å². The molecule has 1 heterocycles. The summed E-state index contributed by atoms with van der Waals surface area (Å²) in [5.41, 5.74) is 2.24. The van der Waals surface area contributed by atoms with Crippen molar-refractivity contribution in [1.29, 1.82) is 0 Å². The molecule has 3 rings (SSSR count). The summed E-state index contributed by atoms with van der Waals surface area (Å²) in [6.07, 6.45) is 3.43. The van der Waals surface area contributed by atoms with Crippen molar-refractivity contribution in [2.24, 2.45) is 0 Å². The van der Waals surface area contributed by atoms with Gasteiger partial charge in [-0.2, -0.15) is 4.31 Å². The summed E-state index contributed by atoms with van der Waals surface area (Å²) in [6, 6.07) is 13.2. The van der Waals surface area contributed by atoms with E-state index in [0.717, 1.165) is 24.2 Å². The lowest BCUT2D eigenvalue weighted by Crippen LogP contribution is -2.51. The van der Waals surface area contributed by atoms with E-state index in [4.69, 9.17) is 12.2 Å². The molecule has 1 N–H and O–H groups in total. The minimum Gasteiger partial charge on any atom is -0.346 e. The lowest BCUT2D eigenvalue weighted by molar-refractivity contribution is 0.268. The SMILES string of the molecule is CCCCc1ccc(NC(=S)N2CCN(S(=O)(=O)c3ccc(F)cc3)CC2)cc1. The molecule has 8 heteroatoms. The van der Waals surface area contributed by atoms with Crippen LogP contribution in [-0.4, -0.2) is 48.9 Å². The van der Waals surface area contributed by atoms with E-state index in [1.54, 1.807) is 0 Å². The molecule has 1 aliphatic rings. The zero-order chi connectivity index (χ0) is 20.9. The Morgan fingerprint density at radius 1 is 1.03 bits per heavy atom. The number of rotatable bonds is 6. The maximum atomic E-state index is 13.1. The number of aryl methyl sites for hydroxylation is 1. The molecule has 0 radical (unpaired) electrons. The van der Waals surface area contributed by atoms with Crippen molar-refractivity contribution in [3.05, 3.63) is 59.9 Å². The number of hydrogen-bond donors (Lipinski definition) is 1. The standard InChI is InChI=1S/C21H26FN3O2S2/c1-2-3-4-17-5-9-19(10-6-17)23-21(28)24-13-15-25(16-14-24)29(26,27)20-11-7-18(22)8-12-20/h5-12H,2-4,13-16H2,1H3,(H,23,28). The number of sulfonamides is 1. The second kappa shape index (κ2) is 9.65. The van der Waals surface area contributed by atoms with Crippen molar-refractivity contribution >= 4 is 33.0 Å². The van der Waals surface area contributed by atoms with E-state index in [9.17, 15) is 12.8 Å². The summed E-state index contributed by atoms with van der Waals surface area (Å²) in [5.74, 6) is -0.455. The van der Waals surface area contributed by atoms with Gasteiger partial charge in [-0.3, -0.25) is 0 Å². The van der Waals surface area contributed by atoms with Crippen molar-refractivity contribution in [1.82, 2.24) is 9.21 Å². The molecule has 2 aromatic rings. The Morgan fingerprint density at radius 3 is 2.24 bits per heavy atom. The largest absolute Gasteiger partial charge is 0.346 e. The van der Waals surface area contributed by atoms with Gasteiger partial charge in [-0.1, -0.05) is 25.5 Å². The zero-order valence-electron chi connectivity index (χ0n) is 16.5. The van der Waals surface area contributed by atoms with Gasteiger partial charge in [0, 0.05) is 31.9 Å². The average Bonchev–Trinajstić information content (AvgIpc) is 2.73. The van der Waals surface area contributed by atoms with Gasteiger partial charge < -0.3 is 10.2 Å². The van der Waals surface area contributed by atoms with Gasteiger partial charge in [0.1, 0.15) is 5.82 Å². The molecule has 2 aromatic carbocycles. The number of halogens is 1. The molecule has 0 spiro atoms. The summed E-state index contributed by atoms with van der Waals surface area (Å²) in [7, 11) is -3.62. The first kappa shape index (κ1) is 21.7. The van der Waals surface area contributed by atoms with Crippen LogP contribution in [0.1, 0.15) is 25.3 Å². The van der Waals surface area contributed by atoms with E-state index >= 15 is 0 Å². The van der Waals surface area contributed by atoms with Crippen molar-refractivity contribution in [3.8, 4) is 0 Å². The summed E-state index contributed by atoms with van der Waals surface area (Å²) < 4.78 is 39.9. The molecular formula is C21H26FN3O2S2. The molecule has 0 amide bonds. The molecule has 0 unspecified atom stereocenters. The second-order valence-electron chi connectivity index (χ2n) is 7.08. The Balaban J connectivity index is 1.54. The van der Waals surface area contributed by atoms with Crippen molar-refractivity contribution in [3.63, 3.8) is 0 Å². The fraction of sp³-hybridized carbons (Fsp3) is 0.381. The fourth-order valence-corrected chi connectivity index (χ4v) is 4.95. The second-order valence-corrected chi connectivity index (χ2v) is 9.40. The van der Waals surface area contributed by atoms with E-state index in [0.29, 0.717) is 31.3 Å². The third-order valence-electron chi connectivity index (χ3n) is 5.00. The Labute approximate surface area is 177 Å². The predicted octanol–water partition coefficient (Wildman–Crippen LogP) is 3.87. The molecule has 156 valence electrons. The third-order valence-corrected chi connectivity index (χ3v) is 7.27. The molecule has 1 saturated heterocycles. The van der Waals surface area contributed by atoms with Gasteiger partial charge in [0.05, 0.1) is 4.90 Å². The highest BCUT2D eigenvalue weighted by Crippen LogP contribution is 2.19. The quantitative estimate of drug-likeness (QED) is 0.698. The highest BCUT2D eigenvalue weighted by Gasteiger charge is 2.29. The monoisotopic (exact) mass is 435 g/mol. The van der Waals surface area contributed by atoms with Crippen LogP contribution >= 0.6 is 12.2 Å². The fourth-order valence-electron chi connectivity index (χ4n) is 3.23. The molecule has 5 nitrogen and oxygen atoms in total. The van der Waals surface area contributed by atoms with Gasteiger partial charge >= 0.3 is 0 Å². The molecule has 1 fully saturated rings. The first-order chi connectivity index (χ1) is 13.9. The Bertz CT molecular complexity index is 923. The molecule has 0 aromatic heterocycles. The zero-order valence-corrected chi connectivity index (χ0v) is 18.1. The van der Waals surface area contributed by atoms with Crippen LogP contribution in [0.25, 0.3) is 0 Å². The smallest absolute Gasteiger partial charge is 0.243 e. The molecule has 0 aliphatic carbocycles. The number of unbranched alkanes of at least 4 members (excludes halogenated alkanes) is 1. The maximum Gasteiger partial charge on any atom is 0.243 e. The van der Waals surface area contributed by atoms with Gasteiger partial charge in [0.25, 0.3) is 0 Å². The van der Waals surface area contributed by atoms with Crippen LogP contribution in [-0.2, 0) is 16.4 Å². The molecular weight excluding hydrogens is 409 g/mol. The van der Waals surface area contributed by atoms with Crippen molar-refractivity contribution in [2.75, 3.05) is 31.5 Å². The number of thiocarbonyl (C=S) groups is 1. The lowest BCUT2D eigenvalue weighted by Gasteiger charge is -2.35. The molecule has 29 heavy (non-hydrogen) atoms. The van der Waals surface area contributed by atoms with Crippen LogP contribution < -0.4 is 5.32 Å². The highest BCUT2D eigenvalue weighted by molar-refractivity contribution is 7.89. The number of nitrogens with one attached hydrogen (secondary N) is 1. The van der Waals surface area contributed by atoms with E-state index in [1.165, 1.54) is 34.8 Å². The Kier molecular flexibility index (Phi) is 7.21. The molecule has 0 saturated carbocycles. The maximum absolute atomic E-state index is 13.1. The van der Waals surface area contributed by atoms with E-state index in [-0.39, 0.29) is 4.90 Å². The molecule has 1 aliphatic heterocycles. The number of benzene rings is 2. The van der Waals surface area contributed by atoms with Crippen LogP contribution in [0.3, 0.4) is 0 Å². The first-order valence-electron chi connectivity index (χ1n) is 9.81. The lowest BCUT2D eigenvalue weighted by atomic mass is 10.1. The van der Waals surface area contributed by atoms with E-state index < -0.39 is 15.8 Å². The highest BCUT2D eigenvalue weighted by atomic mass is 32.2. The van der Waals surface area contributed by atoms with Crippen molar-refractivity contribution < 1.29 is 12.8 Å². The predicted molar refractivity (Wildman–Crippen MR) is 118 cm³/mol. The topological polar surface area (TPSA) is 52.6 Å². The van der Waals surface area contributed by atoms with Gasteiger partial charge in [-0.05, 0) is 67.0 Å².